The molecule has 0 heterocycles. The Labute approximate surface area is 421 Å². The number of hydrogen-bond donors (Lipinski definition) is 0. The number of ether oxygens (including phenoxy) is 3. The fourth-order valence-electron chi connectivity index (χ4n) is 8.52. The minimum atomic E-state index is -0.788. The molecule has 0 aliphatic rings. The summed E-state index contributed by atoms with van der Waals surface area (Å²) in [4.78, 5) is 38.2. The Bertz CT molecular complexity index is 1230. The Morgan fingerprint density at radius 1 is 0.309 bits per heavy atom. The summed E-state index contributed by atoms with van der Waals surface area (Å²) in [5, 5.41) is 0. The van der Waals surface area contributed by atoms with Crippen molar-refractivity contribution in [2.75, 3.05) is 13.2 Å². The van der Waals surface area contributed by atoms with Gasteiger partial charge in [0.2, 0.25) is 0 Å². The molecule has 0 saturated carbocycles. The van der Waals surface area contributed by atoms with Crippen LogP contribution in [0.1, 0.15) is 297 Å². The summed E-state index contributed by atoms with van der Waals surface area (Å²) < 4.78 is 16.9. The Morgan fingerprint density at radius 3 is 0.897 bits per heavy atom. The molecule has 0 saturated heterocycles. The van der Waals surface area contributed by atoms with Gasteiger partial charge in [0.05, 0.1) is 0 Å². The lowest BCUT2D eigenvalue weighted by Crippen LogP contribution is -2.30. The largest absolute Gasteiger partial charge is 0.462 e. The summed E-state index contributed by atoms with van der Waals surface area (Å²) >= 11 is 0. The molecule has 0 spiro atoms. The minimum Gasteiger partial charge on any atom is -0.462 e. The Morgan fingerprint density at radius 2 is 0.574 bits per heavy atom. The zero-order chi connectivity index (χ0) is 49.3. The van der Waals surface area contributed by atoms with Gasteiger partial charge in [-0.2, -0.15) is 0 Å². The number of hydrogen-bond acceptors (Lipinski definition) is 6. The summed E-state index contributed by atoms with van der Waals surface area (Å²) in [7, 11) is 0. The number of allylic oxidation sites excluding steroid dienone is 10. The van der Waals surface area contributed by atoms with Gasteiger partial charge in [0.1, 0.15) is 13.2 Å². The average molecular weight is 952 g/mol. The van der Waals surface area contributed by atoms with E-state index in [0.29, 0.717) is 19.3 Å². The Balaban J connectivity index is 4.39. The van der Waals surface area contributed by atoms with Crippen molar-refractivity contribution in [2.45, 2.75) is 303 Å². The minimum absolute atomic E-state index is 0.0838. The first-order valence-corrected chi connectivity index (χ1v) is 29.4. The lowest BCUT2D eigenvalue weighted by molar-refractivity contribution is -0.167. The van der Waals surface area contributed by atoms with Gasteiger partial charge in [-0.25, -0.2) is 0 Å². The van der Waals surface area contributed by atoms with E-state index in [0.717, 1.165) is 70.6 Å². The van der Waals surface area contributed by atoms with Crippen molar-refractivity contribution >= 4 is 17.9 Å². The van der Waals surface area contributed by atoms with E-state index < -0.39 is 6.10 Å². The van der Waals surface area contributed by atoms with E-state index in [1.165, 1.54) is 186 Å². The number of carbonyl (C=O) groups is 3. The van der Waals surface area contributed by atoms with Gasteiger partial charge in [0, 0.05) is 19.3 Å². The van der Waals surface area contributed by atoms with Crippen LogP contribution in [0.4, 0.5) is 0 Å². The second-order valence-electron chi connectivity index (χ2n) is 19.7. The molecule has 0 aliphatic carbocycles. The standard InChI is InChI=1S/C62H110O6/c1-4-7-10-13-16-19-22-25-28-30-32-34-37-40-43-46-49-52-55-61(64)67-58-59(57-66-60(63)54-51-48-45-42-39-36-33-27-24-21-18-15-12-9-6-3)68-62(65)56-53-50-47-44-41-38-35-31-29-26-23-20-17-14-11-8-5-2/h9,12,15,18,21,24,27,33,36,39,59H,4-8,10-11,13-14,16-17,19-20,22-23,25-26,28-32,34-35,37-38,40-58H2,1-3H3/b12-9-,18-15-,24-21-,33-27-,39-36-. The normalized spacial score (nSPS) is 12.5. The molecule has 0 aromatic heterocycles. The van der Waals surface area contributed by atoms with Gasteiger partial charge in [-0.05, 0) is 38.5 Å². The highest BCUT2D eigenvalue weighted by atomic mass is 16.6. The molecule has 0 bridgehead atoms. The molecule has 0 amide bonds. The fourth-order valence-corrected chi connectivity index (χ4v) is 8.52. The molecular formula is C62H110O6. The van der Waals surface area contributed by atoms with Crippen LogP contribution < -0.4 is 0 Å². The van der Waals surface area contributed by atoms with Crippen LogP contribution in [0, 0.1) is 0 Å². The monoisotopic (exact) mass is 951 g/mol. The third-order valence-electron chi connectivity index (χ3n) is 12.9. The smallest absolute Gasteiger partial charge is 0.306 e. The number of unbranched alkanes of at least 4 members (excludes halogenated alkanes) is 36. The predicted molar refractivity (Wildman–Crippen MR) is 293 cm³/mol. The van der Waals surface area contributed by atoms with Gasteiger partial charge < -0.3 is 14.2 Å². The molecule has 0 aromatic carbocycles. The highest BCUT2D eigenvalue weighted by molar-refractivity contribution is 5.71. The molecule has 1 atom stereocenters. The van der Waals surface area contributed by atoms with Crippen molar-refractivity contribution in [3.8, 4) is 0 Å². The van der Waals surface area contributed by atoms with Crippen LogP contribution in [0.3, 0.4) is 0 Å². The molecule has 0 fully saturated rings. The molecule has 0 aromatic rings. The van der Waals surface area contributed by atoms with Crippen molar-refractivity contribution in [3.63, 3.8) is 0 Å². The van der Waals surface area contributed by atoms with Crippen LogP contribution in [0.2, 0.25) is 0 Å². The van der Waals surface area contributed by atoms with Crippen molar-refractivity contribution in [1.82, 2.24) is 0 Å². The topological polar surface area (TPSA) is 78.9 Å². The SMILES string of the molecule is CC\C=C/C=C\C=C/C=C\C=C/CCCCCC(=O)OCC(COC(=O)CCCCCCCCCCCCCCCCCCCC)OC(=O)CCCCCCCCCCCCCCCCCCC. The maximum atomic E-state index is 12.9. The molecule has 394 valence electrons. The molecule has 6 heteroatoms. The van der Waals surface area contributed by atoms with Gasteiger partial charge in [0.15, 0.2) is 6.10 Å². The summed E-state index contributed by atoms with van der Waals surface area (Å²) in [6.45, 7) is 6.50. The first-order chi connectivity index (χ1) is 33.5. The first kappa shape index (κ1) is 65.1. The molecule has 0 aliphatic heterocycles. The maximum absolute atomic E-state index is 12.9. The van der Waals surface area contributed by atoms with Gasteiger partial charge in [-0.15, -0.1) is 0 Å². The zero-order valence-corrected chi connectivity index (χ0v) is 45.1. The van der Waals surface area contributed by atoms with E-state index in [4.69, 9.17) is 14.2 Å². The summed E-state index contributed by atoms with van der Waals surface area (Å²) in [5.74, 6) is -0.911. The third-order valence-corrected chi connectivity index (χ3v) is 12.9. The van der Waals surface area contributed by atoms with Crippen LogP contribution in [0.5, 0.6) is 0 Å². The van der Waals surface area contributed by atoms with Crippen LogP contribution in [0.25, 0.3) is 0 Å². The molecular weight excluding hydrogens is 841 g/mol. The van der Waals surface area contributed by atoms with E-state index in [-0.39, 0.29) is 31.1 Å². The van der Waals surface area contributed by atoms with E-state index in [2.05, 4.69) is 39.0 Å². The van der Waals surface area contributed by atoms with Crippen LogP contribution >= 0.6 is 0 Å². The van der Waals surface area contributed by atoms with Crippen molar-refractivity contribution in [1.29, 1.82) is 0 Å². The molecule has 1 unspecified atom stereocenters. The molecule has 6 nitrogen and oxygen atoms in total. The predicted octanol–water partition coefficient (Wildman–Crippen LogP) is 19.6. The highest BCUT2D eigenvalue weighted by Crippen LogP contribution is 2.17. The average Bonchev–Trinajstić information content (AvgIpc) is 3.34. The van der Waals surface area contributed by atoms with Gasteiger partial charge in [-0.1, -0.05) is 300 Å². The summed E-state index contributed by atoms with van der Waals surface area (Å²) in [6.07, 6.45) is 70.7. The Hall–Kier alpha value is -2.89. The molecule has 68 heavy (non-hydrogen) atoms. The van der Waals surface area contributed by atoms with Crippen LogP contribution in [-0.4, -0.2) is 37.2 Å². The van der Waals surface area contributed by atoms with Crippen LogP contribution in [0.15, 0.2) is 60.8 Å². The summed E-state index contributed by atoms with van der Waals surface area (Å²) in [6, 6.07) is 0. The van der Waals surface area contributed by atoms with Crippen molar-refractivity contribution in [2.24, 2.45) is 0 Å². The van der Waals surface area contributed by atoms with Crippen LogP contribution in [-0.2, 0) is 28.6 Å². The van der Waals surface area contributed by atoms with E-state index >= 15 is 0 Å². The number of esters is 3. The second kappa shape index (κ2) is 56.7. The second-order valence-corrected chi connectivity index (χ2v) is 19.7. The van der Waals surface area contributed by atoms with E-state index in [9.17, 15) is 14.4 Å². The molecule has 0 N–H and O–H groups in total. The third kappa shape index (κ3) is 54.1. The lowest BCUT2D eigenvalue weighted by Gasteiger charge is -2.18. The molecule has 0 radical (unpaired) electrons. The van der Waals surface area contributed by atoms with Crippen molar-refractivity contribution < 1.29 is 28.6 Å². The fraction of sp³-hybridized carbons (Fsp3) is 0.790. The van der Waals surface area contributed by atoms with Gasteiger partial charge in [-0.3, -0.25) is 14.4 Å². The quantitative estimate of drug-likeness (QED) is 0.0262. The zero-order valence-electron chi connectivity index (χ0n) is 45.1. The van der Waals surface area contributed by atoms with Crippen molar-refractivity contribution in [3.05, 3.63) is 60.8 Å². The highest BCUT2D eigenvalue weighted by Gasteiger charge is 2.19. The van der Waals surface area contributed by atoms with E-state index in [1.807, 2.05) is 42.5 Å². The molecule has 0 rings (SSSR count). The van der Waals surface area contributed by atoms with E-state index in [1.54, 1.807) is 0 Å². The summed E-state index contributed by atoms with van der Waals surface area (Å²) in [5.41, 5.74) is 0. The Kier molecular flexibility index (Phi) is 54.3. The van der Waals surface area contributed by atoms with Gasteiger partial charge >= 0.3 is 17.9 Å². The lowest BCUT2D eigenvalue weighted by atomic mass is 10.0. The number of carbonyl (C=O) groups excluding carboxylic acids is 3. The van der Waals surface area contributed by atoms with Gasteiger partial charge in [0.25, 0.3) is 0 Å². The first-order valence-electron chi connectivity index (χ1n) is 29.4. The number of rotatable bonds is 53. The maximum Gasteiger partial charge on any atom is 0.306 e.